The molecule has 1 aromatic heterocycles. The highest BCUT2D eigenvalue weighted by atomic mass is 32.2. The van der Waals surface area contributed by atoms with Gasteiger partial charge in [-0.3, -0.25) is 9.59 Å². The van der Waals surface area contributed by atoms with Gasteiger partial charge in [0.1, 0.15) is 11.5 Å². The van der Waals surface area contributed by atoms with Crippen LogP contribution in [0.15, 0.2) is 70.5 Å². The first-order valence-electron chi connectivity index (χ1n) is 14.1. The van der Waals surface area contributed by atoms with Crippen LogP contribution in [0, 0.1) is 0 Å². The van der Waals surface area contributed by atoms with Crippen LogP contribution in [-0.4, -0.2) is 32.9 Å². The molecular formula is C35H36N2O4S. The van der Waals surface area contributed by atoms with Crippen molar-refractivity contribution in [1.82, 2.24) is 10.3 Å². The molecule has 0 unspecified atom stereocenters. The number of Topliss-reactive ketones (excluding diaryl/α,β-unsaturated/α-hetero) is 1. The lowest BCUT2D eigenvalue weighted by atomic mass is 9.85. The molecule has 0 saturated heterocycles. The summed E-state index contributed by atoms with van der Waals surface area (Å²) in [5.74, 6) is -0.734. The quantitative estimate of drug-likeness (QED) is 0.212. The zero-order valence-corrected chi connectivity index (χ0v) is 25.8. The molecule has 1 aliphatic rings. The molecule has 0 aliphatic heterocycles. The van der Waals surface area contributed by atoms with E-state index in [1.807, 2.05) is 38.1 Å². The van der Waals surface area contributed by atoms with Gasteiger partial charge in [-0.25, -0.2) is 4.98 Å². The molecule has 216 valence electrons. The third-order valence-electron chi connectivity index (χ3n) is 7.43. The van der Waals surface area contributed by atoms with E-state index in [1.54, 1.807) is 24.3 Å². The highest BCUT2D eigenvalue weighted by Gasteiger charge is 2.35. The summed E-state index contributed by atoms with van der Waals surface area (Å²) in [6.45, 7) is 14.2. The van der Waals surface area contributed by atoms with Gasteiger partial charge in [-0.1, -0.05) is 64.6 Å². The Labute approximate surface area is 250 Å². The Balaban J connectivity index is 1.72. The molecule has 4 aromatic rings. The van der Waals surface area contributed by atoms with Crippen LogP contribution in [0.4, 0.5) is 0 Å². The number of aromatic nitrogens is 1. The SMILES string of the molecule is CC(C)NC(=O)c1ccc2nc(C3=C(O)c4cc(C(C)(C)C)ccc4C3=O)c(O)c(Sc3cccc(C(C)C)c3)c2c1. The Kier molecular flexibility index (Phi) is 7.66. The maximum absolute atomic E-state index is 13.7. The minimum absolute atomic E-state index is 0.0143. The van der Waals surface area contributed by atoms with Gasteiger partial charge in [-0.15, -0.1) is 0 Å². The van der Waals surface area contributed by atoms with Crippen molar-refractivity contribution in [3.8, 4) is 5.75 Å². The van der Waals surface area contributed by atoms with E-state index in [2.05, 4.69) is 57.1 Å². The summed E-state index contributed by atoms with van der Waals surface area (Å²) in [7, 11) is 0. The van der Waals surface area contributed by atoms with Crippen LogP contribution >= 0.6 is 11.8 Å². The molecule has 6 nitrogen and oxygen atoms in total. The molecule has 1 heterocycles. The second-order valence-electron chi connectivity index (χ2n) is 12.4. The molecule has 5 rings (SSSR count). The normalized spacial score (nSPS) is 13.4. The van der Waals surface area contributed by atoms with E-state index in [4.69, 9.17) is 0 Å². The van der Waals surface area contributed by atoms with Gasteiger partial charge >= 0.3 is 0 Å². The molecule has 1 amide bonds. The minimum atomic E-state index is -0.393. The second-order valence-corrected chi connectivity index (χ2v) is 13.5. The number of nitrogens with one attached hydrogen (secondary N) is 1. The van der Waals surface area contributed by atoms with Gasteiger partial charge in [0.15, 0.2) is 11.5 Å². The first-order valence-corrected chi connectivity index (χ1v) is 15.0. The molecule has 0 spiro atoms. The van der Waals surface area contributed by atoms with Crippen LogP contribution in [0.1, 0.15) is 97.5 Å². The topological polar surface area (TPSA) is 99.5 Å². The zero-order chi connectivity index (χ0) is 30.5. The van der Waals surface area contributed by atoms with E-state index in [0.717, 1.165) is 16.0 Å². The van der Waals surface area contributed by atoms with Crippen molar-refractivity contribution >= 4 is 45.7 Å². The molecular weight excluding hydrogens is 544 g/mol. The Morgan fingerprint density at radius 3 is 2.33 bits per heavy atom. The third kappa shape index (κ3) is 5.41. The number of amides is 1. The number of aromatic hydroxyl groups is 1. The number of pyridine rings is 1. The van der Waals surface area contributed by atoms with Crippen molar-refractivity contribution in [2.24, 2.45) is 0 Å². The molecule has 0 radical (unpaired) electrons. The number of carbonyl (C=O) groups excluding carboxylic acids is 2. The summed E-state index contributed by atoms with van der Waals surface area (Å²) in [5, 5.41) is 26.6. The summed E-state index contributed by atoms with van der Waals surface area (Å²) >= 11 is 1.34. The number of hydrogen-bond acceptors (Lipinski definition) is 6. The lowest BCUT2D eigenvalue weighted by molar-refractivity contribution is 0.0942. The number of ketones is 1. The van der Waals surface area contributed by atoms with Crippen LogP contribution in [0.2, 0.25) is 0 Å². The van der Waals surface area contributed by atoms with Crippen LogP contribution < -0.4 is 5.32 Å². The fourth-order valence-electron chi connectivity index (χ4n) is 5.04. The van der Waals surface area contributed by atoms with Gasteiger partial charge in [0, 0.05) is 33.0 Å². The number of allylic oxidation sites excluding steroid dienone is 1. The monoisotopic (exact) mass is 580 g/mol. The van der Waals surface area contributed by atoms with Crippen molar-refractivity contribution in [2.75, 3.05) is 0 Å². The van der Waals surface area contributed by atoms with Crippen LogP contribution in [0.25, 0.3) is 22.2 Å². The van der Waals surface area contributed by atoms with Crippen LogP contribution in [0.5, 0.6) is 5.75 Å². The first kappa shape index (κ1) is 29.4. The Bertz CT molecular complexity index is 1780. The Morgan fingerprint density at radius 1 is 0.929 bits per heavy atom. The van der Waals surface area contributed by atoms with Crippen molar-refractivity contribution in [3.05, 3.63) is 94.2 Å². The lowest BCUT2D eigenvalue weighted by Gasteiger charge is -2.19. The number of hydrogen-bond donors (Lipinski definition) is 3. The van der Waals surface area contributed by atoms with Crippen LogP contribution in [-0.2, 0) is 5.41 Å². The molecule has 3 aromatic carbocycles. The lowest BCUT2D eigenvalue weighted by Crippen LogP contribution is -2.30. The van der Waals surface area contributed by atoms with E-state index in [9.17, 15) is 19.8 Å². The summed E-state index contributed by atoms with van der Waals surface area (Å²) in [6, 6.07) is 18.6. The summed E-state index contributed by atoms with van der Waals surface area (Å²) in [4.78, 5) is 32.6. The third-order valence-corrected chi connectivity index (χ3v) is 8.53. The van der Waals surface area contributed by atoms with E-state index in [1.165, 1.54) is 11.8 Å². The maximum Gasteiger partial charge on any atom is 0.251 e. The Morgan fingerprint density at radius 2 is 1.67 bits per heavy atom. The molecule has 0 fully saturated rings. The van der Waals surface area contributed by atoms with Gasteiger partial charge < -0.3 is 15.5 Å². The average Bonchev–Trinajstić information content (AvgIpc) is 3.18. The highest BCUT2D eigenvalue weighted by Crippen LogP contribution is 2.47. The second kappa shape index (κ2) is 11.0. The number of rotatable bonds is 6. The number of fused-ring (bicyclic) bond motifs is 2. The van der Waals surface area contributed by atoms with Gasteiger partial charge in [0.05, 0.1) is 16.0 Å². The predicted molar refractivity (Wildman–Crippen MR) is 170 cm³/mol. The molecule has 0 atom stereocenters. The van der Waals surface area contributed by atoms with Gasteiger partial charge in [-0.05, 0) is 78.8 Å². The predicted octanol–water partition coefficient (Wildman–Crippen LogP) is 8.27. The standard InChI is InChI=1S/C35H36N2O4S/c1-18(2)20-9-8-10-23(15-20)42-33-26-16-21(34(41)36-19(3)4)11-14-27(26)37-29(32(33)40)28-30(38)24-13-12-22(35(5,6)7)17-25(24)31(28)39/h8-19,39-40H,1-7H3,(H,36,41). The largest absolute Gasteiger partial charge is 0.506 e. The molecule has 0 bridgehead atoms. The zero-order valence-electron chi connectivity index (χ0n) is 25.0. The molecule has 1 aliphatic carbocycles. The summed E-state index contributed by atoms with van der Waals surface area (Å²) in [6.07, 6.45) is 0. The molecule has 7 heteroatoms. The van der Waals surface area contributed by atoms with Crippen molar-refractivity contribution < 1.29 is 19.8 Å². The Hall–Kier alpha value is -4.10. The number of nitrogens with zero attached hydrogens (tertiary/aromatic N) is 1. The van der Waals surface area contributed by atoms with Gasteiger partial charge in [0.2, 0.25) is 0 Å². The number of aliphatic hydroxyl groups is 1. The first-order chi connectivity index (χ1) is 19.8. The summed E-state index contributed by atoms with van der Waals surface area (Å²) < 4.78 is 0. The molecule has 42 heavy (non-hydrogen) atoms. The number of benzene rings is 3. The smallest absolute Gasteiger partial charge is 0.251 e. The number of carbonyl (C=O) groups is 2. The van der Waals surface area contributed by atoms with Gasteiger partial charge in [-0.2, -0.15) is 0 Å². The van der Waals surface area contributed by atoms with E-state index >= 15 is 0 Å². The summed E-state index contributed by atoms with van der Waals surface area (Å²) in [5.41, 5.74) is 3.65. The molecule has 0 saturated carbocycles. The van der Waals surface area contributed by atoms with E-state index in [0.29, 0.717) is 38.4 Å². The van der Waals surface area contributed by atoms with Crippen LogP contribution in [0.3, 0.4) is 0 Å². The minimum Gasteiger partial charge on any atom is -0.506 e. The molecule has 3 N–H and O–H groups in total. The van der Waals surface area contributed by atoms with Crippen molar-refractivity contribution in [2.45, 2.75) is 75.6 Å². The van der Waals surface area contributed by atoms with Crippen molar-refractivity contribution in [3.63, 3.8) is 0 Å². The fraction of sp³-hybridized carbons (Fsp3) is 0.286. The van der Waals surface area contributed by atoms with Gasteiger partial charge in [0.25, 0.3) is 5.91 Å². The fourth-order valence-corrected chi connectivity index (χ4v) is 6.09. The number of aliphatic hydroxyl groups excluding tert-OH is 1. The van der Waals surface area contributed by atoms with E-state index in [-0.39, 0.29) is 40.1 Å². The maximum atomic E-state index is 13.7. The van der Waals surface area contributed by atoms with E-state index < -0.39 is 5.78 Å². The van der Waals surface area contributed by atoms with Crippen molar-refractivity contribution in [1.29, 1.82) is 0 Å². The highest BCUT2D eigenvalue weighted by molar-refractivity contribution is 7.99. The average molecular weight is 581 g/mol.